The average Bonchev–Trinajstić information content (AvgIpc) is 3.27. The highest BCUT2D eigenvalue weighted by Crippen LogP contribution is 2.25. The van der Waals surface area contributed by atoms with Crippen LogP contribution >= 0.6 is 12.2 Å². The number of nitrogens with zero attached hydrogens (tertiary/aromatic N) is 4. The summed E-state index contributed by atoms with van der Waals surface area (Å²) in [5.41, 5.74) is 3.10. The summed E-state index contributed by atoms with van der Waals surface area (Å²) >= 11 is 5.91. The molecule has 0 bridgehead atoms. The lowest BCUT2D eigenvalue weighted by Crippen LogP contribution is -2.40. The Hall–Kier alpha value is -2.29. The maximum Gasteiger partial charge on any atom is 0.204 e. The van der Waals surface area contributed by atoms with Gasteiger partial charge in [-0.1, -0.05) is 56.3 Å². The van der Waals surface area contributed by atoms with Crippen LogP contribution in [0.1, 0.15) is 25.8 Å². The Morgan fingerprint density at radius 1 is 1.16 bits per heavy atom. The summed E-state index contributed by atoms with van der Waals surface area (Å²) in [5, 5.41) is 4.93. The highest BCUT2D eigenvalue weighted by molar-refractivity contribution is 7.91. The topological polar surface area (TPSA) is 60.1 Å². The largest absolute Gasteiger partial charge is 0.280 e. The molecule has 6 nitrogen and oxygen atoms in total. The van der Waals surface area contributed by atoms with Gasteiger partial charge in [-0.25, -0.2) is 13.1 Å². The van der Waals surface area contributed by atoms with Crippen molar-refractivity contribution in [3.05, 3.63) is 64.9 Å². The molecule has 0 aliphatic carbocycles. The average molecular weight is 471 g/mol. The van der Waals surface area contributed by atoms with Gasteiger partial charge in [0.2, 0.25) is 4.77 Å². The maximum absolute atomic E-state index is 12.1. The lowest BCUT2D eigenvalue weighted by Gasteiger charge is -2.29. The zero-order valence-corrected chi connectivity index (χ0v) is 20.4. The lowest BCUT2D eigenvalue weighted by atomic mass is 10.1. The summed E-state index contributed by atoms with van der Waals surface area (Å²) < 4.78 is 28.7. The van der Waals surface area contributed by atoms with Gasteiger partial charge in [-0.15, -0.1) is 5.10 Å². The van der Waals surface area contributed by atoms with E-state index in [4.69, 9.17) is 17.3 Å². The van der Waals surface area contributed by atoms with Crippen molar-refractivity contribution in [2.45, 2.75) is 39.9 Å². The molecule has 0 amide bonds. The fraction of sp³-hybridized carbons (Fsp3) is 0.417. The van der Waals surface area contributed by atoms with E-state index in [0.29, 0.717) is 23.8 Å². The summed E-state index contributed by atoms with van der Waals surface area (Å²) in [5.74, 6) is 1.65. The monoisotopic (exact) mass is 470 g/mol. The molecule has 170 valence electrons. The lowest BCUT2D eigenvalue weighted by molar-refractivity contribution is 0.137. The van der Waals surface area contributed by atoms with E-state index >= 15 is 0 Å². The highest BCUT2D eigenvalue weighted by atomic mass is 32.2. The molecule has 1 aliphatic rings. The van der Waals surface area contributed by atoms with Gasteiger partial charge in [0.05, 0.1) is 23.9 Å². The van der Waals surface area contributed by atoms with Crippen LogP contribution in [0.2, 0.25) is 0 Å². The molecule has 32 heavy (non-hydrogen) atoms. The minimum atomic E-state index is -2.97. The molecule has 2 heterocycles. The van der Waals surface area contributed by atoms with Crippen LogP contribution < -0.4 is 0 Å². The van der Waals surface area contributed by atoms with E-state index in [1.54, 1.807) is 0 Å². The van der Waals surface area contributed by atoms with Gasteiger partial charge in [0.15, 0.2) is 15.7 Å². The molecule has 0 saturated carbocycles. The van der Waals surface area contributed by atoms with Crippen LogP contribution in [0.4, 0.5) is 0 Å². The van der Waals surface area contributed by atoms with Gasteiger partial charge in [0.25, 0.3) is 0 Å². The third-order valence-corrected chi connectivity index (χ3v) is 7.91. The fourth-order valence-corrected chi connectivity index (χ4v) is 6.35. The van der Waals surface area contributed by atoms with E-state index in [-0.39, 0.29) is 17.5 Å². The second-order valence-corrected chi connectivity index (χ2v) is 11.6. The number of aryl methyl sites for hydroxylation is 1. The van der Waals surface area contributed by atoms with Crippen molar-refractivity contribution in [1.29, 1.82) is 0 Å². The molecular weight excluding hydrogens is 440 g/mol. The minimum absolute atomic E-state index is 0.00593. The van der Waals surface area contributed by atoms with Gasteiger partial charge in [-0.2, -0.15) is 0 Å². The van der Waals surface area contributed by atoms with Gasteiger partial charge in [-0.3, -0.25) is 9.47 Å². The van der Waals surface area contributed by atoms with Gasteiger partial charge in [0, 0.05) is 18.2 Å². The first-order chi connectivity index (χ1) is 15.2. The Morgan fingerprint density at radius 3 is 2.53 bits per heavy atom. The Morgan fingerprint density at radius 2 is 1.91 bits per heavy atom. The van der Waals surface area contributed by atoms with Crippen molar-refractivity contribution in [1.82, 2.24) is 19.2 Å². The van der Waals surface area contributed by atoms with Crippen LogP contribution in [0.3, 0.4) is 0 Å². The standard InChI is InChI=1S/C24H30N4O2S2/c1-18(2)15-26(22-12-13-32(29,30)16-22)17-27-24(31)28(21-11-7-8-19(3)14-21)23(25-27)20-9-5-4-6-10-20/h4-11,14,18,22H,12-13,15-17H2,1-3H3. The quantitative estimate of drug-likeness (QED) is 0.477. The molecule has 1 saturated heterocycles. The fourth-order valence-electron chi connectivity index (χ4n) is 4.30. The van der Waals surface area contributed by atoms with E-state index in [9.17, 15) is 8.42 Å². The maximum atomic E-state index is 12.1. The third kappa shape index (κ3) is 5.03. The van der Waals surface area contributed by atoms with Crippen LogP contribution in [0.5, 0.6) is 0 Å². The van der Waals surface area contributed by atoms with Crippen LogP contribution in [-0.2, 0) is 16.5 Å². The third-order valence-electron chi connectivity index (χ3n) is 5.77. The SMILES string of the molecule is Cc1cccc(-n2c(-c3ccccc3)nn(CN(CC(C)C)C3CCS(=O)(=O)C3)c2=S)c1. The molecule has 1 aromatic heterocycles. The second-order valence-electron chi connectivity index (χ2n) is 9.01. The minimum Gasteiger partial charge on any atom is -0.280 e. The van der Waals surface area contributed by atoms with Crippen molar-refractivity contribution >= 4 is 22.1 Å². The smallest absolute Gasteiger partial charge is 0.204 e. The summed E-state index contributed by atoms with van der Waals surface area (Å²) in [4.78, 5) is 2.23. The predicted octanol–water partition coefficient (Wildman–Crippen LogP) is 4.48. The number of hydrogen-bond donors (Lipinski definition) is 0. The number of rotatable bonds is 7. The van der Waals surface area contributed by atoms with Gasteiger partial charge < -0.3 is 0 Å². The van der Waals surface area contributed by atoms with Crippen molar-refractivity contribution in [3.63, 3.8) is 0 Å². The van der Waals surface area contributed by atoms with Crippen molar-refractivity contribution < 1.29 is 8.42 Å². The highest BCUT2D eigenvalue weighted by Gasteiger charge is 2.33. The van der Waals surface area contributed by atoms with E-state index in [1.165, 1.54) is 0 Å². The van der Waals surface area contributed by atoms with E-state index in [1.807, 2.05) is 51.7 Å². The first-order valence-electron chi connectivity index (χ1n) is 11.0. The van der Waals surface area contributed by atoms with Gasteiger partial charge >= 0.3 is 0 Å². The van der Waals surface area contributed by atoms with E-state index < -0.39 is 9.84 Å². The Kier molecular flexibility index (Phi) is 6.65. The molecule has 1 unspecified atom stereocenters. The number of aromatic nitrogens is 3. The summed E-state index contributed by atoms with van der Waals surface area (Å²) in [6.45, 7) is 7.62. The molecule has 3 aromatic rings. The van der Waals surface area contributed by atoms with Gasteiger partial charge in [0.1, 0.15) is 0 Å². The van der Waals surface area contributed by atoms with Gasteiger partial charge in [-0.05, 0) is 49.2 Å². The molecule has 1 atom stereocenters. The van der Waals surface area contributed by atoms with Crippen molar-refractivity contribution in [3.8, 4) is 17.1 Å². The van der Waals surface area contributed by atoms with Crippen LogP contribution in [0, 0.1) is 17.6 Å². The number of sulfone groups is 1. The number of hydrogen-bond acceptors (Lipinski definition) is 5. The molecular formula is C24H30N4O2S2. The molecule has 1 aliphatic heterocycles. The second kappa shape index (κ2) is 9.29. The molecule has 4 rings (SSSR count). The molecule has 0 N–H and O–H groups in total. The molecule has 2 aromatic carbocycles. The predicted molar refractivity (Wildman–Crippen MR) is 131 cm³/mol. The summed E-state index contributed by atoms with van der Waals surface area (Å²) in [7, 11) is -2.97. The number of benzene rings is 2. The Balaban J connectivity index is 1.78. The Labute approximate surface area is 195 Å². The first kappa shape index (κ1) is 22.9. The van der Waals surface area contributed by atoms with Crippen LogP contribution in [0.25, 0.3) is 17.1 Å². The van der Waals surface area contributed by atoms with E-state index in [2.05, 4.69) is 37.8 Å². The normalized spacial score (nSPS) is 18.0. The summed E-state index contributed by atoms with van der Waals surface area (Å²) in [6, 6.07) is 18.2. The van der Waals surface area contributed by atoms with Crippen molar-refractivity contribution in [2.75, 3.05) is 18.1 Å². The molecule has 0 spiro atoms. The molecule has 1 fully saturated rings. The zero-order chi connectivity index (χ0) is 22.9. The van der Waals surface area contributed by atoms with Crippen LogP contribution in [-0.4, -0.2) is 51.8 Å². The first-order valence-corrected chi connectivity index (χ1v) is 13.2. The Bertz CT molecular complexity index is 1250. The molecule has 8 heteroatoms. The van der Waals surface area contributed by atoms with Crippen LogP contribution in [0.15, 0.2) is 54.6 Å². The van der Waals surface area contributed by atoms with Crippen molar-refractivity contribution in [2.24, 2.45) is 5.92 Å². The van der Waals surface area contributed by atoms with E-state index in [0.717, 1.165) is 29.2 Å². The summed E-state index contributed by atoms with van der Waals surface area (Å²) in [6.07, 6.45) is 0.659. The molecule has 0 radical (unpaired) electrons. The zero-order valence-electron chi connectivity index (χ0n) is 18.8.